The predicted octanol–water partition coefficient (Wildman–Crippen LogP) is 1.81. The van der Waals surface area contributed by atoms with Crippen LogP contribution >= 0.6 is 11.8 Å². The largest absolute Gasteiger partial charge is 0.395 e. The van der Waals surface area contributed by atoms with E-state index in [1.54, 1.807) is 24.0 Å². The van der Waals surface area contributed by atoms with Crippen LogP contribution in [0.2, 0.25) is 0 Å². The van der Waals surface area contributed by atoms with Gasteiger partial charge in [0.25, 0.3) is 0 Å². The number of pyridine rings is 1. The van der Waals surface area contributed by atoms with Crippen molar-refractivity contribution in [2.75, 3.05) is 18.1 Å². The molecule has 4 nitrogen and oxygen atoms in total. The molecule has 1 aromatic rings. The molecular formula is C11H13N3OS. The maximum Gasteiger partial charge on any atom is 0.120 e. The molecule has 16 heavy (non-hydrogen) atoms. The lowest BCUT2D eigenvalue weighted by Crippen LogP contribution is -2.08. The smallest absolute Gasteiger partial charge is 0.120 e. The summed E-state index contributed by atoms with van der Waals surface area (Å²) in [4.78, 5) is 4.18. The second-order valence-electron chi connectivity index (χ2n) is 3.64. The van der Waals surface area contributed by atoms with E-state index in [1.807, 2.05) is 0 Å². The number of ether oxygens (including phenoxy) is 1. The number of nitriles is 1. The van der Waals surface area contributed by atoms with Crippen molar-refractivity contribution in [3.8, 4) is 6.07 Å². The van der Waals surface area contributed by atoms with E-state index in [-0.39, 0.29) is 0 Å². The fourth-order valence-electron chi connectivity index (χ4n) is 1.61. The summed E-state index contributed by atoms with van der Waals surface area (Å²) in [7, 11) is 0. The molecule has 0 radical (unpaired) electrons. The zero-order valence-electron chi connectivity index (χ0n) is 8.85. The second kappa shape index (κ2) is 5.19. The Labute approximate surface area is 98.8 Å². The van der Waals surface area contributed by atoms with Crippen molar-refractivity contribution in [2.45, 2.75) is 24.0 Å². The Morgan fingerprint density at radius 1 is 1.69 bits per heavy atom. The summed E-state index contributed by atoms with van der Waals surface area (Å²) in [6.07, 6.45) is 4.15. The molecule has 1 aliphatic heterocycles. The van der Waals surface area contributed by atoms with E-state index >= 15 is 0 Å². The van der Waals surface area contributed by atoms with E-state index in [4.69, 9.17) is 15.7 Å². The summed E-state index contributed by atoms with van der Waals surface area (Å²) < 4.78 is 5.52. The third-order valence-electron chi connectivity index (χ3n) is 2.50. The number of thioether (sulfide) groups is 1. The number of hydrogen-bond donors (Lipinski definition) is 1. The molecule has 2 heterocycles. The standard InChI is InChI=1S/C11H13N3OS/c12-6-8-3-4-14-11(10(8)13)16-7-9-2-1-5-15-9/h3-4,9H,1-2,5,7,13H2. The fraction of sp³-hybridized carbons (Fsp3) is 0.455. The zero-order valence-corrected chi connectivity index (χ0v) is 9.67. The molecule has 0 amide bonds. The molecule has 0 aliphatic carbocycles. The van der Waals surface area contributed by atoms with Crippen LogP contribution in [-0.2, 0) is 4.74 Å². The minimum absolute atomic E-state index is 0.303. The summed E-state index contributed by atoms with van der Waals surface area (Å²) in [5, 5.41) is 9.56. The van der Waals surface area contributed by atoms with Crippen LogP contribution in [-0.4, -0.2) is 23.4 Å². The first-order valence-corrected chi connectivity index (χ1v) is 6.19. The molecule has 1 fully saturated rings. The number of anilines is 1. The van der Waals surface area contributed by atoms with Gasteiger partial charge in [0, 0.05) is 18.6 Å². The molecule has 1 unspecified atom stereocenters. The second-order valence-corrected chi connectivity index (χ2v) is 4.64. The van der Waals surface area contributed by atoms with E-state index in [2.05, 4.69) is 11.1 Å². The van der Waals surface area contributed by atoms with Crippen LogP contribution in [0.5, 0.6) is 0 Å². The molecule has 1 aliphatic rings. The van der Waals surface area contributed by atoms with Gasteiger partial charge in [-0.3, -0.25) is 0 Å². The highest BCUT2D eigenvalue weighted by molar-refractivity contribution is 7.99. The Bertz CT molecular complexity index is 410. The van der Waals surface area contributed by atoms with E-state index in [9.17, 15) is 0 Å². The minimum Gasteiger partial charge on any atom is -0.395 e. The van der Waals surface area contributed by atoms with Gasteiger partial charge in [-0.15, -0.1) is 11.8 Å². The molecule has 0 aromatic carbocycles. The van der Waals surface area contributed by atoms with Crippen molar-refractivity contribution in [2.24, 2.45) is 0 Å². The van der Waals surface area contributed by atoms with Crippen LogP contribution in [0.15, 0.2) is 17.3 Å². The first-order chi connectivity index (χ1) is 7.81. The highest BCUT2D eigenvalue weighted by Gasteiger charge is 2.17. The molecule has 2 rings (SSSR count). The van der Waals surface area contributed by atoms with E-state index in [0.717, 1.165) is 30.2 Å². The zero-order chi connectivity index (χ0) is 11.4. The molecule has 0 bridgehead atoms. The van der Waals surface area contributed by atoms with Crippen molar-refractivity contribution >= 4 is 17.4 Å². The average molecular weight is 235 g/mol. The van der Waals surface area contributed by atoms with Gasteiger partial charge in [0.2, 0.25) is 0 Å². The molecular weight excluding hydrogens is 222 g/mol. The van der Waals surface area contributed by atoms with Gasteiger partial charge in [-0.1, -0.05) is 0 Å². The first kappa shape index (κ1) is 11.2. The lowest BCUT2D eigenvalue weighted by molar-refractivity contribution is 0.129. The Hall–Kier alpha value is -1.25. The van der Waals surface area contributed by atoms with Crippen molar-refractivity contribution < 1.29 is 4.74 Å². The van der Waals surface area contributed by atoms with E-state index in [0.29, 0.717) is 17.4 Å². The van der Waals surface area contributed by atoms with Gasteiger partial charge in [0.15, 0.2) is 0 Å². The molecule has 84 valence electrons. The average Bonchev–Trinajstić information content (AvgIpc) is 2.81. The lowest BCUT2D eigenvalue weighted by atomic mass is 10.2. The van der Waals surface area contributed by atoms with Gasteiger partial charge in [-0.05, 0) is 18.9 Å². The summed E-state index contributed by atoms with van der Waals surface area (Å²) in [5.41, 5.74) is 6.80. The number of rotatable bonds is 3. The highest BCUT2D eigenvalue weighted by atomic mass is 32.2. The van der Waals surface area contributed by atoms with Crippen molar-refractivity contribution in [1.29, 1.82) is 5.26 Å². The monoisotopic (exact) mass is 235 g/mol. The first-order valence-electron chi connectivity index (χ1n) is 5.20. The summed E-state index contributed by atoms with van der Waals surface area (Å²) in [6.45, 7) is 0.854. The number of nitrogen functional groups attached to an aromatic ring is 1. The highest BCUT2D eigenvalue weighted by Crippen LogP contribution is 2.27. The van der Waals surface area contributed by atoms with Gasteiger partial charge in [0.1, 0.15) is 11.1 Å². The number of nitrogens with zero attached hydrogens (tertiary/aromatic N) is 2. The molecule has 0 saturated carbocycles. The summed E-state index contributed by atoms with van der Waals surface area (Å²) in [6, 6.07) is 3.68. The minimum atomic E-state index is 0.303. The van der Waals surface area contributed by atoms with Crippen molar-refractivity contribution in [3.05, 3.63) is 17.8 Å². The number of hydrogen-bond acceptors (Lipinski definition) is 5. The topological polar surface area (TPSA) is 71.9 Å². The third kappa shape index (κ3) is 2.46. The molecule has 1 saturated heterocycles. The maximum atomic E-state index is 8.83. The normalized spacial score (nSPS) is 19.6. The number of aromatic nitrogens is 1. The molecule has 1 atom stereocenters. The Balaban J connectivity index is 2.01. The SMILES string of the molecule is N#Cc1ccnc(SCC2CCCO2)c1N. The summed E-state index contributed by atoms with van der Waals surface area (Å²) >= 11 is 1.56. The van der Waals surface area contributed by atoms with Crippen LogP contribution in [0.3, 0.4) is 0 Å². The Kier molecular flexibility index (Phi) is 3.65. The number of nitrogens with two attached hydrogens (primary N) is 1. The van der Waals surface area contributed by atoms with Crippen LogP contribution in [0.4, 0.5) is 5.69 Å². The predicted molar refractivity (Wildman–Crippen MR) is 63.1 cm³/mol. The van der Waals surface area contributed by atoms with Gasteiger partial charge < -0.3 is 10.5 Å². The van der Waals surface area contributed by atoms with Crippen LogP contribution < -0.4 is 5.73 Å². The van der Waals surface area contributed by atoms with Crippen LogP contribution in [0.25, 0.3) is 0 Å². The maximum absolute atomic E-state index is 8.83. The van der Waals surface area contributed by atoms with Crippen LogP contribution in [0, 0.1) is 11.3 Å². The molecule has 5 heteroatoms. The van der Waals surface area contributed by atoms with Gasteiger partial charge in [0.05, 0.1) is 17.4 Å². The van der Waals surface area contributed by atoms with Gasteiger partial charge in [-0.25, -0.2) is 4.98 Å². The summed E-state index contributed by atoms with van der Waals surface area (Å²) in [5.74, 6) is 0.853. The quantitative estimate of drug-likeness (QED) is 0.809. The fourth-order valence-corrected chi connectivity index (χ4v) is 2.62. The van der Waals surface area contributed by atoms with E-state index < -0.39 is 0 Å². The van der Waals surface area contributed by atoms with Gasteiger partial charge >= 0.3 is 0 Å². The molecule has 0 spiro atoms. The lowest BCUT2D eigenvalue weighted by Gasteiger charge is -2.09. The van der Waals surface area contributed by atoms with Crippen LogP contribution in [0.1, 0.15) is 18.4 Å². The van der Waals surface area contributed by atoms with Gasteiger partial charge in [-0.2, -0.15) is 5.26 Å². The van der Waals surface area contributed by atoms with Crippen molar-refractivity contribution in [3.63, 3.8) is 0 Å². The van der Waals surface area contributed by atoms with Crippen molar-refractivity contribution in [1.82, 2.24) is 4.98 Å². The molecule has 2 N–H and O–H groups in total. The Morgan fingerprint density at radius 3 is 3.25 bits per heavy atom. The molecule has 1 aromatic heterocycles. The third-order valence-corrected chi connectivity index (χ3v) is 3.64. The van der Waals surface area contributed by atoms with E-state index in [1.165, 1.54) is 0 Å². The Morgan fingerprint density at radius 2 is 2.56 bits per heavy atom.